The Morgan fingerprint density at radius 3 is 2.52 bits per heavy atom. The van der Waals surface area contributed by atoms with Gasteiger partial charge in [-0.05, 0) is 29.8 Å². The van der Waals surface area contributed by atoms with Crippen molar-refractivity contribution in [2.75, 3.05) is 43.9 Å². The van der Waals surface area contributed by atoms with Crippen molar-refractivity contribution in [1.82, 2.24) is 9.80 Å². The molecule has 2 heterocycles. The molecule has 0 atom stereocenters. The number of carbonyl (C=O) groups excluding carboxylic acids is 1. The second kappa shape index (κ2) is 7.92. The minimum absolute atomic E-state index is 0.167. The van der Waals surface area contributed by atoms with Gasteiger partial charge in [0.25, 0.3) is 5.91 Å². The third-order valence-electron chi connectivity index (χ3n) is 4.96. The number of hydrogen-bond donors (Lipinski definition) is 1. The molecule has 0 aromatic heterocycles. The first-order valence-electron chi connectivity index (χ1n) is 9.36. The molecule has 1 amide bonds. The van der Waals surface area contributed by atoms with Gasteiger partial charge in [0.1, 0.15) is 0 Å². The number of fused-ring (bicyclic) bond motifs is 1. The van der Waals surface area contributed by atoms with Gasteiger partial charge in [-0.15, -0.1) is 0 Å². The quantitative estimate of drug-likeness (QED) is 0.797. The number of rotatable bonds is 5. The highest BCUT2D eigenvalue weighted by atomic mass is 32.2. The Kier molecular flexibility index (Phi) is 5.33. The summed E-state index contributed by atoms with van der Waals surface area (Å²) in [6.07, 6.45) is 1.07. The van der Waals surface area contributed by atoms with Crippen LogP contribution >= 0.6 is 0 Å². The molecular weight excluding hydrogens is 394 g/mol. The van der Waals surface area contributed by atoms with E-state index in [1.807, 2.05) is 18.2 Å². The van der Waals surface area contributed by atoms with E-state index in [1.165, 1.54) is 0 Å². The first-order valence-corrected chi connectivity index (χ1v) is 11.3. The van der Waals surface area contributed by atoms with E-state index in [2.05, 4.69) is 9.62 Å². The predicted molar refractivity (Wildman–Crippen MR) is 109 cm³/mol. The smallest absolute Gasteiger partial charge is 0.256 e. The monoisotopic (exact) mass is 417 g/mol. The number of piperazine rings is 1. The van der Waals surface area contributed by atoms with Crippen LogP contribution in [0.3, 0.4) is 0 Å². The summed E-state index contributed by atoms with van der Waals surface area (Å²) in [7, 11) is -3.46. The molecule has 0 radical (unpaired) electrons. The lowest BCUT2D eigenvalue weighted by Gasteiger charge is -2.35. The molecule has 1 saturated heterocycles. The molecule has 0 saturated carbocycles. The van der Waals surface area contributed by atoms with Crippen LogP contribution in [-0.2, 0) is 16.6 Å². The average molecular weight is 417 g/mol. The number of nitrogens with zero attached hydrogens (tertiary/aromatic N) is 2. The normalized spacial score (nSPS) is 16.7. The van der Waals surface area contributed by atoms with Crippen LogP contribution in [0.15, 0.2) is 42.5 Å². The number of amides is 1. The zero-order valence-electron chi connectivity index (χ0n) is 16.1. The lowest BCUT2D eigenvalue weighted by Crippen LogP contribution is -2.48. The molecular formula is C20H23N3O5S. The molecule has 154 valence electrons. The van der Waals surface area contributed by atoms with Crippen LogP contribution < -0.4 is 14.2 Å². The van der Waals surface area contributed by atoms with Gasteiger partial charge in [-0.2, -0.15) is 0 Å². The average Bonchev–Trinajstić information content (AvgIpc) is 3.15. The molecule has 0 spiro atoms. The van der Waals surface area contributed by atoms with Crippen molar-refractivity contribution in [3.05, 3.63) is 53.6 Å². The Labute approximate surface area is 170 Å². The van der Waals surface area contributed by atoms with E-state index in [4.69, 9.17) is 9.47 Å². The number of para-hydroxylation sites is 1. The largest absolute Gasteiger partial charge is 0.454 e. The fraction of sp³-hybridized carbons (Fsp3) is 0.350. The van der Waals surface area contributed by atoms with E-state index in [0.29, 0.717) is 24.3 Å². The van der Waals surface area contributed by atoms with Crippen LogP contribution in [0.1, 0.15) is 15.9 Å². The summed E-state index contributed by atoms with van der Waals surface area (Å²) in [4.78, 5) is 17.0. The third kappa shape index (κ3) is 4.63. The second-order valence-electron chi connectivity index (χ2n) is 7.18. The second-order valence-corrected chi connectivity index (χ2v) is 8.92. The Morgan fingerprint density at radius 1 is 1.03 bits per heavy atom. The standard InChI is InChI=1S/C20H23N3O5S/c1-29(25,26)21-17-5-3-2-4-16(17)20(24)23-10-8-22(9-11-23)13-15-6-7-18-19(12-15)28-14-27-18/h2-7,12,21H,8-11,13-14H2,1H3. The van der Waals surface area contributed by atoms with Gasteiger partial charge in [0.2, 0.25) is 16.8 Å². The van der Waals surface area contributed by atoms with Crippen molar-refractivity contribution in [2.45, 2.75) is 6.54 Å². The first-order chi connectivity index (χ1) is 13.9. The molecule has 8 nitrogen and oxygen atoms in total. The number of anilines is 1. The van der Waals surface area contributed by atoms with E-state index in [-0.39, 0.29) is 12.7 Å². The number of sulfonamides is 1. The molecule has 2 aliphatic rings. The van der Waals surface area contributed by atoms with Gasteiger partial charge in [0.15, 0.2) is 11.5 Å². The van der Waals surface area contributed by atoms with Gasteiger partial charge in [0, 0.05) is 32.7 Å². The topological polar surface area (TPSA) is 88.2 Å². The number of nitrogens with one attached hydrogen (secondary N) is 1. The molecule has 9 heteroatoms. The minimum Gasteiger partial charge on any atom is -0.454 e. The predicted octanol–water partition coefficient (Wildman–Crippen LogP) is 1.74. The Balaban J connectivity index is 1.38. The molecule has 1 N–H and O–H groups in total. The van der Waals surface area contributed by atoms with E-state index in [1.54, 1.807) is 29.2 Å². The van der Waals surface area contributed by atoms with Gasteiger partial charge in [-0.3, -0.25) is 14.4 Å². The van der Waals surface area contributed by atoms with Crippen molar-refractivity contribution in [1.29, 1.82) is 0 Å². The maximum atomic E-state index is 12.9. The van der Waals surface area contributed by atoms with Crippen molar-refractivity contribution in [3.8, 4) is 11.5 Å². The molecule has 2 aromatic rings. The van der Waals surface area contributed by atoms with Gasteiger partial charge in [-0.25, -0.2) is 8.42 Å². The summed E-state index contributed by atoms with van der Waals surface area (Å²) in [6, 6.07) is 12.6. The highest BCUT2D eigenvalue weighted by Gasteiger charge is 2.25. The van der Waals surface area contributed by atoms with E-state index in [9.17, 15) is 13.2 Å². The van der Waals surface area contributed by atoms with E-state index < -0.39 is 10.0 Å². The lowest BCUT2D eigenvalue weighted by atomic mass is 10.1. The summed E-state index contributed by atoms with van der Waals surface area (Å²) in [6.45, 7) is 3.66. The fourth-order valence-corrected chi connectivity index (χ4v) is 4.11. The van der Waals surface area contributed by atoms with Crippen molar-refractivity contribution in [2.24, 2.45) is 0 Å². The number of benzene rings is 2. The number of ether oxygens (including phenoxy) is 2. The molecule has 1 fully saturated rings. The summed E-state index contributed by atoms with van der Waals surface area (Å²) in [5, 5.41) is 0. The molecule has 0 aliphatic carbocycles. The van der Waals surface area contributed by atoms with Crippen molar-refractivity contribution >= 4 is 21.6 Å². The van der Waals surface area contributed by atoms with Gasteiger partial charge < -0.3 is 14.4 Å². The zero-order chi connectivity index (χ0) is 20.4. The SMILES string of the molecule is CS(=O)(=O)Nc1ccccc1C(=O)N1CCN(Cc2ccc3c(c2)OCO3)CC1. The maximum absolute atomic E-state index is 12.9. The van der Waals surface area contributed by atoms with Gasteiger partial charge in [-0.1, -0.05) is 18.2 Å². The highest BCUT2D eigenvalue weighted by molar-refractivity contribution is 7.92. The van der Waals surface area contributed by atoms with Crippen LogP contribution in [0, 0.1) is 0 Å². The van der Waals surface area contributed by atoms with Crippen molar-refractivity contribution < 1.29 is 22.7 Å². The summed E-state index contributed by atoms with van der Waals surface area (Å²) in [5.41, 5.74) is 1.81. The molecule has 0 unspecified atom stereocenters. The van der Waals surface area contributed by atoms with Crippen LogP contribution in [0.2, 0.25) is 0 Å². The Bertz CT molecular complexity index is 1020. The summed E-state index contributed by atoms with van der Waals surface area (Å²) >= 11 is 0. The lowest BCUT2D eigenvalue weighted by molar-refractivity contribution is 0.0629. The van der Waals surface area contributed by atoms with Gasteiger partial charge >= 0.3 is 0 Å². The maximum Gasteiger partial charge on any atom is 0.256 e. The van der Waals surface area contributed by atoms with Crippen LogP contribution in [-0.4, -0.2) is 63.4 Å². The Hall–Kier alpha value is -2.78. The fourth-order valence-electron chi connectivity index (χ4n) is 3.54. The minimum atomic E-state index is -3.46. The van der Waals surface area contributed by atoms with Crippen LogP contribution in [0.4, 0.5) is 5.69 Å². The zero-order valence-corrected chi connectivity index (χ0v) is 16.9. The summed E-state index contributed by atoms with van der Waals surface area (Å²) in [5.74, 6) is 1.37. The highest BCUT2D eigenvalue weighted by Crippen LogP contribution is 2.33. The Morgan fingerprint density at radius 2 is 1.76 bits per heavy atom. The third-order valence-corrected chi connectivity index (χ3v) is 5.55. The van der Waals surface area contributed by atoms with Crippen LogP contribution in [0.5, 0.6) is 11.5 Å². The first kappa shape index (κ1) is 19.5. The molecule has 2 aromatic carbocycles. The molecule has 29 heavy (non-hydrogen) atoms. The molecule has 4 rings (SSSR count). The van der Waals surface area contributed by atoms with E-state index in [0.717, 1.165) is 43.0 Å². The van der Waals surface area contributed by atoms with Crippen LogP contribution in [0.25, 0.3) is 0 Å². The van der Waals surface area contributed by atoms with Crippen molar-refractivity contribution in [3.63, 3.8) is 0 Å². The number of carbonyl (C=O) groups is 1. The van der Waals surface area contributed by atoms with Gasteiger partial charge in [0.05, 0.1) is 17.5 Å². The number of hydrogen-bond acceptors (Lipinski definition) is 6. The molecule has 0 bridgehead atoms. The molecule has 2 aliphatic heterocycles. The van der Waals surface area contributed by atoms with E-state index >= 15 is 0 Å². The summed E-state index contributed by atoms with van der Waals surface area (Å²) < 4.78 is 36.4.